The smallest absolute Gasteiger partial charge is 0.295 e. The van der Waals surface area contributed by atoms with E-state index >= 15 is 0 Å². The Morgan fingerprint density at radius 2 is 1.62 bits per heavy atom. The number of nitrogens with zero attached hydrogens (tertiary/aromatic N) is 1. The molecule has 6 rings (SSSR count). The van der Waals surface area contributed by atoms with Crippen molar-refractivity contribution < 1.29 is 24.2 Å². The first kappa shape index (κ1) is 25.4. The highest BCUT2D eigenvalue weighted by Crippen LogP contribution is 2.41. The van der Waals surface area contributed by atoms with Crippen LogP contribution in [0.1, 0.15) is 35.2 Å². The fourth-order valence-corrected chi connectivity index (χ4v) is 5.45. The highest BCUT2D eigenvalue weighted by atomic mass is 16.5. The molecule has 2 heterocycles. The molecule has 40 heavy (non-hydrogen) atoms. The van der Waals surface area contributed by atoms with Gasteiger partial charge in [0.1, 0.15) is 29.1 Å². The quantitative estimate of drug-likeness (QED) is 0.168. The van der Waals surface area contributed by atoms with Gasteiger partial charge in [0.05, 0.1) is 11.6 Å². The molecule has 1 fully saturated rings. The molecule has 0 aliphatic carbocycles. The molecular weight excluding hydrogens is 502 g/mol. The van der Waals surface area contributed by atoms with E-state index in [1.54, 1.807) is 11.0 Å². The van der Waals surface area contributed by atoms with Gasteiger partial charge in [0.15, 0.2) is 0 Å². The Hall–Kier alpha value is -4.84. The average molecular weight is 532 g/mol. The van der Waals surface area contributed by atoms with E-state index in [9.17, 15) is 14.7 Å². The Labute approximate surface area is 233 Å². The zero-order valence-electron chi connectivity index (χ0n) is 22.1. The van der Waals surface area contributed by atoms with Crippen LogP contribution in [0.4, 0.5) is 0 Å². The van der Waals surface area contributed by atoms with Crippen LogP contribution in [-0.2, 0) is 22.4 Å². The number of hydrogen-bond donors (Lipinski definition) is 1. The van der Waals surface area contributed by atoms with Crippen LogP contribution in [0, 0.1) is 0 Å². The van der Waals surface area contributed by atoms with Crippen LogP contribution in [-0.4, -0.2) is 34.3 Å². The monoisotopic (exact) mass is 531 g/mol. The van der Waals surface area contributed by atoms with Crippen molar-refractivity contribution in [1.29, 1.82) is 0 Å². The maximum Gasteiger partial charge on any atom is 0.295 e. The summed E-state index contributed by atoms with van der Waals surface area (Å²) in [6.07, 6.45) is 1.33. The predicted octanol–water partition coefficient (Wildman–Crippen LogP) is 6.47. The fraction of sp³-hybridized carbons (Fsp3) is 0.176. The maximum absolute atomic E-state index is 13.5. The maximum atomic E-state index is 13.5. The van der Waals surface area contributed by atoms with Crippen LogP contribution >= 0.6 is 0 Å². The number of carbonyl (C=O) groups is 2. The lowest BCUT2D eigenvalue weighted by atomic mass is 9.94. The molecule has 200 valence electrons. The number of rotatable bonds is 7. The summed E-state index contributed by atoms with van der Waals surface area (Å²) >= 11 is 0. The van der Waals surface area contributed by atoms with Crippen molar-refractivity contribution in [2.24, 2.45) is 0 Å². The molecule has 0 saturated carbocycles. The first-order chi connectivity index (χ1) is 19.5. The molecule has 0 bridgehead atoms. The molecule has 2 aliphatic heterocycles. The van der Waals surface area contributed by atoms with Crippen molar-refractivity contribution >= 4 is 17.4 Å². The van der Waals surface area contributed by atoms with Gasteiger partial charge in [-0.15, -0.1) is 0 Å². The lowest BCUT2D eigenvalue weighted by Crippen LogP contribution is -2.31. The third kappa shape index (κ3) is 4.96. The number of likely N-dealkylation sites (tertiary alicyclic amines) is 1. The molecule has 2 aliphatic rings. The number of fused-ring (bicyclic) bond motifs is 1. The van der Waals surface area contributed by atoms with Crippen LogP contribution in [0.5, 0.6) is 17.2 Å². The van der Waals surface area contributed by atoms with Gasteiger partial charge in [0.25, 0.3) is 11.7 Å². The summed E-state index contributed by atoms with van der Waals surface area (Å²) in [6.45, 7) is 2.30. The molecule has 2 atom stereocenters. The summed E-state index contributed by atoms with van der Waals surface area (Å²) in [4.78, 5) is 28.5. The predicted molar refractivity (Wildman–Crippen MR) is 152 cm³/mol. The summed E-state index contributed by atoms with van der Waals surface area (Å²) < 4.78 is 11.9. The van der Waals surface area contributed by atoms with Crippen LogP contribution < -0.4 is 9.47 Å². The first-order valence-corrected chi connectivity index (χ1v) is 13.4. The van der Waals surface area contributed by atoms with Crippen LogP contribution in [0.2, 0.25) is 0 Å². The highest BCUT2D eigenvalue weighted by Gasteiger charge is 2.46. The van der Waals surface area contributed by atoms with E-state index in [1.807, 2.05) is 104 Å². The Morgan fingerprint density at radius 1 is 0.900 bits per heavy atom. The molecule has 0 spiro atoms. The molecule has 0 unspecified atom stereocenters. The molecule has 1 N–H and O–H groups in total. The van der Waals surface area contributed by atoms with Gasteiger partial charge in [-0.25, -0.2) is 0 Å². The molecule has 6 nitrogen and oxygen atoms in total. The minimum atomic E-state index is -0.772. The minimum absolute atomic E-state index is 0.0447. The number of carbonyl (C=O) groups excluding carboxylic acids is 2. The second-order valence-corrected chi connectivity index (χ2v) is 10.2. The third-order valence-electron chi connectivity index (χ3n) is 7.35. The molecule has 4 aromatic carbocycles. The van der Waals surface area contributed by atoms with E-state index in [0.29, 0.717) is 42.0 Å². The summed E-state index contributed by atoms with van der Waals surface area (Å²) in [6, 6.07) is 31.2. The number of para-hydroxylation sites is 1. The van der Waals surface area contributed by atoms with E-state index in [0.717, 1.165) is 16.9 Å². The molecular formula is C34H29NO5. The van der Waals surface area contributed by atoms with Gasteiger partial charge in [0.2, 0.25) is 0 Å². The van der Waals surface area contributed by atoms with Gasteiger partial charge in [-0.3, -0.25) is 9.59 Å². The number of ether oxygens (including phenoxy) is 2. The number of Topliss-reactive ketones (excluding diaryl/α,β-unsaturated/α-hetero) is 1. The lowest BCUT2D eigenvalue weighted by molar-refractivity contribution is -0.139. The van der Waals surface area contributed by atoms with E-state index in [4.69, 9.17) is 9.47 Å². The normalized spacial score (nSPS) is 19.4. The summed E-state index contributed by atoms with van der Waals surface area (Å²) in [7, 11) is 0. The van der Waals surface area contributed by atoms with Gasteiger partial charge in [0, 0.05) is 18.5 Å². The summed E-state index contributed by atoms with van der Waals surface area (Å²) in [5.74, 6) is 0.496. The zero-order chi connectivity index (χ0) is 27.6. The lowest BCUT2D eigenvalue weighted by Gasteiger charge is -2.26. The average Bonchev–Trinajstić information content (AvgIpc) is 3.47. The number of aliphatic hydroxyl groups is 1. The topological polar surface area (TPSA) is 76.1 Å². The van der Waals surface area contributed by atoms with Crippen molar-refractivity contribution in [2.45, 2.75) is 31.9 Å². The third-order valence-corrected chi connectivity index (χ3v) is 7.35. The van der Waals surface area contributed by atoms with Crippen LogP contribution in [0.25, 0.3) is 5.76 Å². The molecule has 0 radical (unpaired) electrons. The number of benzene rings is 4. The molecule has 1 saturated heterocycles. The number of hydrogen-bond acceptors (Lipinski definition) is 5. The molecule has 1 amide bonds. The second kappa shape index (κ2) is 10.7. The van der Waals surface area contributed by atoms with E-state index < -0.39 is 17.7 Å². The van der Waals surface area contributed by atoms with Crippen molar-refractivity contribution in [3.8, 4) is 17.2 Å². The fourth-order valence-electron chi connectivity index (χ4n) is 5.45. The standard InChI is InChI=1S/C34H29NO5/c1-22-19-26-20-25(15-16-29(26)39-22)32(36)30-31(24-11-8-14-28(21-24)40-27-12-6-3-7-13-27)35(34(38)33(30)37)18-17-23-9-4-2-5-10-23/h2-16,20-22,31,36H,17-19H2,1H3/b32-30+/t22-,31+/m1/s1. The molecule has 0 aromatic heterocycles. The Balaban J connectivity index is 1.41. The molecule has 6 heteroatoms. The Kier molecular flexibility index (Phi) is 6.83. The van der Waals surface area contributed by atoms with E-state index in [1.165, 1.54) is 0 Å². The number of amides is 1. The van der Waals surface area contributed by atoms with Gasteiger partial charge >= 0.3 is 0 Å². The van der Waals surface area contributed by atoms with Crippen molar-refractivity contribution in [3.05, 3.63) is 131 Å². The van der Waals surface area contributed by atoms with Crippen molar-refractivity contribution in [3.63, 3.8) is 0 Å². The van der Waals surface area contributed by atoms with Crippen molar-refractivity contribution in [1.82, 2.24) is 4.90 Å². The largest absolute Gasteiger partial charge is 0.507 e. The highest BCUT2D eigenvalue weighted by molar-refractivity contribution is 6.46. The number of ketones is 1. The number of aliphatic hydroxyl groups excluding tert-OH is 1. The van der Waals surface area contributed by atoms with Gasteiger partial charge < -0.3 is 19.5 Å². The van der Waals surface area contributed by atoms with Crippen LogP contribution in [0.3, 0.4) is 0 Å². The van der Waals surface area contributed by atoms with Crippen LogP contribution in [0.15, 0.2) is 109 Å². The second-order valence-electron chi connectivity index (χ2n) is 10.2. The zero-order valence-corrected chi connectivity index (χ0v) is 22.1. The summed E-state index contributed by atoms with van der Waals surface area (Å²) in [5.41, 5.74) is 3.25. The SMILES string of the molecule is C[C@@H]1Cc2cc(/C(O)=C3\C(=O)C(=O)N(CCc4ccccc4)[C@H]3c3cccc(Oc4ccccc4)c3)ccc2O1. The molecule has 4 aromatic rings. The van der Waals surface area contributed by atoms with Crippen molar-refractivity contribution in [2.75, 3.05) is 6.54 Å². The minimum Gasteiger partial charge on any atom is -0.507 e. The van der Waals surface area contributed by atoms with Gasteiger partial charge in [-0.1, -0.05) is 60.7 Å². The Bertz CT molecular complexity index is 1600. The Morgan fingerprint density at radius 3 is 2.40 bits per heavy atom. The van der Waals surface area contributed by atoms with E-state index in [-0.39, 0.29) is 17.4 Å². The van der Waals surface area contributed by atoms with Gasteiger partial charge in [-0.2, -0.15) is 0 Å². The van der Waals surface area contributed by atoms with Gasteiger partial charge in [-0.05, 0) is 72.5 Å². The first-order valence-electron chi connectivity index (χ1n) is 13.4. The summed E-state index contributed by atoms with van der Waals surface area (Å²) in [5, 5.41) is 11.6. The van der Waals surface area contributed by atoms with E-state index in [2.05, 4.69) is 0 Å².